The number of nitrogens with zero attached hydrogens (tertiary/aromatic N) is 1. The van der Waals surface area contributed by atoms with Crippen LogP contribution in [0, 0.1) is 6.92 Å². The molecule has 3 nitrogen and oxygen atoms in total. The van der Waals surface area contributed by atoms with Crippen LogP contribution in [0.25, 0.3) is 11.0 Å². The number of aromatic amines is 1. The quantitative estimate of drug-likeness (QED) is 0.752. The van der Waals surface area contributed by atoms with Crippen LogP contribution in [0.3, 0.4) is 0 Å². The van der Waals surface area contributed by atoms with Crippen LogP contribution in [-0.2, 0) is 13.0 Å². The van der Waals surface area contributed by atoms with Crippen molar-refractivity contribution in [2.24, 2.45) is 5.73 Å². The van der Waals surface area contributed by atoms with E-state index < -0.39 is 0 Å². The number of fused-ring (bicyclic) bond motifs is 1. The minimum Gasteiger partial charge on any atom is -0.342 e. The zero-order valence-electron chi connectivity index (χ0n) is 11.0. The number of hydrogen-bond acceptors (Lipinski definition) is 2. The lowest BCUT2D eigenvalue weighted by molar-refractivity contribution is 0.978. The maximum absolute atomic E-state index is 5.77. The largest absolute Gasteiger partial charge is 0.342 e. The Morgan fingerprint density at radius 3 is 2.68 bits per heavy atom. The normalized spacial score (nSPS) is 11.1. The molecule has 3 heteroatoms. The molecule has 3 rings (SSSR count). The number of aryl methyl sites for hydroxylation is 1. The lowest BCUT2D eigenvalue weighted by Crippen LogP contribution is -2.02. The Labute approximate surface area is 112 Å². The number of nitrogens with two attached hydrogens (primary N) is 1. The minimum atomic E-state index is 0.565. The molecule has 2 aromatic carbocycles. The highest BCUT2D eigenvalue weighted by atomic mass is 14.9. The lowest BCUT2D eigenvalue weighted by atomic mass is 10.0. The minimum absolute atomic E-state index is 0.565. The average Bonchev–Trinajstić information content (AvgIpc) is 2.80. The highest BCUT2D eigenvalue weighted by Gasteiger charge is 2.06. The second-order valence-electron chi connectivity index (χ2n) is 4.85. The van der Waals surface area contributed by atoms with Crippen LogP contribution in [0.5, 0.6) is 0 Å². The Kier molecular flexibility index (Phi) is 3.05. The summed E-state index contributed by atoms with van der Waals surface area (Å²) in [6.07, 6.45) is 0.793. The molecule has 96 valence electrons. The van der Waals surface area contributed by atoms with Crippen LogP contribution < -0.4 is 5.73 Å². The van der Waals surface area contributed by atoms with Crippen molar-refractivity contribution in [1.29, 1.82) is 0 Å². The molecular formula is C16H17N3. The predicted molar refractivity (Wildman–Crippen MR) is 78.0 cm³/mol. The smallest absolute Gasteiger partial charge is 0.111 e. The Balaban J connectivity index is 1.96. The summed E-state index contributed by atoms with van der Waals surface area (Å²) in [5, 5.41) is 0. The SMILES string of the molecule is Cc1ccc2nc(Cc3ccccc3CN)[nH]c2c1. The summed E-state index contributed by atoms with van der Waals surface area (Å²) in [5.41, 5.74) is 11.5. The molecule has 0 saturated heterocycles. The van der Waals surface area contributed by atoms with Gasteiger partial charge in [0.15, 0.2) is 0 Å². The molecule has 0 saturated carbocycles. The number of benzene rings is 2. The van der Waals surface area contributed by atoms with Gasteiger partial charge < -0.3 is 10.7 Å². The molecule has 0 fully saturated rings. The topological polar surface area (TPSA) is 54.7 Å². The summed E-state index contributed by atoms with van der Waals surface area (Å²) in [4.78, 5) is 8.01. The number of nitrogens with one attached hydrogen (secondary N) is 1. The molecule has 3 aromatic rings. The fourth-order valence-corrected chi connectivity index (χ4v) is 2.37. The standard InChI is InChI=1S/C16H17N3/c1-11-6-7-14-15(8-11)19-16(18-14)9-12-4-2-3-5-13(12)10-17/h2-8H,9-10,17H2,1H3,(H,18,19). The van der Waals surface area contributed by atoms with Crippen LogP contribution in [-0.4, -0.2) is 9.97 Å². The summed E-state index contributed by atoms with van der Waals surface area (Å²) >= 11 is 0. The second-order valence-corrected chi connectivity index (χ2v) is 4.85. The van der Waals surface area contributed by atoms with Gasteiger partial charge in [-0.1, -0.05) is 30.3 Å². The van der Waals surface area contributed by atoms with Gasteiger partial charge in [-0.05, 0) is 35.7 Å². The van der Waals surface area contributed by atoms with Gasteiger partial charge in [0, 0.05) is 13.0 Å². The molecule has 0 atom stereocenters. The van der Waals surface area contributed by atoms with Gasteiger partial charge in [0.2, 0.25) is 0 Å². The predicted octanol–water partition coefficient (Wildman–Crippen LogP) is 2.92. The van der Waals surface area contributed by atoms with E-state index in [1.807, 2.05) is 12.1 Å². The van der Waals surface area contributed by atoms with Crippen LogP contribution in [0.15, 0.2) is 42.5 Å². The average molecular weight is 251 g/mol. The Hall–Kier alpha value is -2.13. The second kappa shape index (κ2) is 4.86. The Bertz CT molecular complexity index is 713. The summed E-state index contributed by atoms with van der Waals surface area (Å²) in [6, 6.07) is 14.5. The molecule has 0 spiro atoms. The highest BCUT2D eigenvalue weighted by molar-refractivity contribution is 5.75. The summed E-state index contributed by atoms with van der Waals surface area (Å²) in [5.74, 6) is 0.988. The van der Waals surface area contributed by atoms with E-state index in [0.29, 0.717) is 6.54 Å². The maximum atomic E-state index is 5.77. The lowest BCUT2D eigenvalue weighted by Gasteiger charge is -2.05. The first kappa shape index (κ1) is 11.9. The van der Waals surface area contributed by atoms with Crippen LogP contribution in [0.1, 0.15) is 22.5 Å². The number of hydrogen-bond donors (Lipinski definition) is 2. The Morgan fingerprint density at radius 2 is 1.89 bits per heavy atom. The van der Waals surface area contributed by atoms with Gasteiger partial charge in [-0.2, -0.15) is 0 Å². The van der Waals surface area contributed by atoms with E-state index in [2.05, 4.69) is 47.2 Å². The van der Waals surface area contributed by atoms with E-state index in [0.717, 1.165) is 23.3 Å². The number of imidazole rings is 1. The van der Waals surface area contributed by atoms with Crippen LogP contribution in [0.4, 0.5) is 0 Å². The first-order valence-corrected chi connectivity index (χ1v) is 6.48. The molecule has 19 heavy (non-hydrogen) atoms. The fourth-order valence-electron chi connectivity index (χ4n) is 2.37. The van der Waals surface area contributed by atoms with Crippen molar-refractivity contribution in [3.63, 3.8) is 0 Å². The number of H-pyrrole nitrogens is 1. The summed E-state index contributed by atoms with van der Waals surface area (Å²) in [6.45, 7) is 2.65. The molecule has 0 bridgehead atoms. The van der Waals surface area contributed by atoms with Gasteiger partial charge >= 0.3 is 0 Å². The first-order valence-electron chi connectivity index (χ1n) is 6.48. The third-order valence-electron chi connectivity index (χ3n) is 3.38. The van der Waals surface area contributed by atoms with Crippen molar-refractivity contribution in [2.45, 2.75) is 19.9 Å². The van der Waals surface area contributed by atoms with Gasteiger partial charge in [0.1, 0.15) is 5.82 Å². The van der Waals surface area contributed by atoms with Crippen molar-refractivity contribution in [2.75, 3.05) is 0 Å². The highest BCUT2D eigenvalue weighted by Crippen LogP contribution is 2.17. The number of rotatable bonds is 3. The van der Waals surface area contributed by atoms with Crippen molar-refractivity contribution >= 4 is 11.0 Å². The van der Waals surface area contributed by atoms with E-state index >= 15 is 0 Å². The molecular weight excluding hydrogens is 234 g/mol. The molecule has 1 aromatic heterocycles. The van der Waals surface area contributed by atoms with Crippen LogP contribution >= 0.6 is 0 Å². The van der Waals surface area contributed by atoms with Crippen molar-refractivity contribution < 1.29 is 0 Å². The molecule has 1 heterocycles. The third kappa shape index (κ3) is 2.37. The molecule has 0 radical (unpaired) electrons. The van der Waals surface area contributed by atoms with Crippen LogP contribution in [0.2, 0.25) is 0 Å². The zero-order chi connectivity index (χ0) is 13.2. The van der Waals surface area contributed by atoms with Gasteiger partial charge in [0.25, 0.3) is 0 Å². The maximum Gasteiger partial charge on any atom is 0.111 e. The van der Waals surface area contributed by atoms with Gasteiger partial charge in [-0.25, -0.2) is 4.98 Å². The van der Waals surface area contributed by atoms with Gasteiger partial charge in [-0.3, -0.25) is 0 Å². The molecule has 0 aliphatic rings. The molecule has 0 aliphatic carbocycles. The third-order valence-corrected chi connectivity index (χ3v) is 3.38. The van der Waals surface area contributed by atoms with Crippen molar-refractivity contribution in [3.8, 4) is 0 Å². The zero-order valence-corrected chi connectivity index (χ0v) is 11.0. The summed E-state index contributed by atoms with van der Waals surface area (Å²) in [7, 11) is 0. The fraction of sp³-hybridized carbons (Fsp3) is 0.188. The molecule has 0 aliphatic heterocycles. The van der Waals surface area contributed by atoms with E-state index in [1.165, 1.54) is 16.7 Å². The van der Waals surface area contributed by atoms with E-state index in [9.17, 15) is 0 Å². The van der Waals surface area contributed by atoms with Crippen molar-refractivity contribution in [1.82, 2.24) is 9.97 Å². The first-order chi connectivity index (χ1) is 9.26. The van der Waals surface area contributed by atoms with E-state index in [-0.39, 0.29) is 0 Å². The van der Waals surface area contributed by atoms with Crippen molar-refractivity contribution in [3.05, 3.63) is 65.0 Å². The monoisotopic (exact) mass is 251 g/mol. The van der Waals surface area contributed by atoms with Gasteiger partial charge in [0.05, 0.1) is 11.0 Å². The summed E-state index contributed by atoms with van der Waals surface area (Å²) < 4.78 is 0. The number of aromatic nitrogens is 2. The molecule has 0 unspecified atom stereocenters. The van der Waals surface area contributed by atoms with Gasteiger partial charge in [-0.15, -0.1) is 0 Å². The van der Waals surface area contributed by atoms with E-state index in [1.54, 1.807) is 0 Å². The Morgan fingerprint density at radius 1 is 1.11 bits per heavy atom. The van der Waals surface area contributed by atoms with E-state index in [4.69, 9.17) is 5.73 Å². The molecule has 3 N–H and O–H groups in total. The molecule has 0 amide bonds.